The molecule has 0 spiro atoms. The van der Waals surface area contributed by atoms with Crippen LogP contribution in [0.4, 0.5) is 0 Å². The average Bonchev–Trinajstić information content (AvgIpc) is 2.36. The van der Waals surface area contributed by atoms with Crippen LogP contribution in [-0.2, 0) is 16.0 Å². The summed E-state index contributed by atoms with van der Waals surface area (Å²) in [5.74, 6) is 1.11. The normalized spacial score (nSPS) is 10.4. The number of methoxy groups -OCH3 is 2. The summed E-state index contributed by atoms with van der Waals surface area (Å²) in [6.45, 7) is 3.68. The predicted octanol–water partition coefficient (Wildman–Crippen LogP) is 3.35. The lowest BCUT2D eigenvalue weighted by Crippen LogP contribution is -2.12. The molecule has 0 radical (unpaired) electrons. The molecule has 1 rings (SSSR count). The Kier molecular flexibility index (Phi) is 6.15. The van der Waals surface area contributed by atoms with Crippen LogP contribution in [-0.4, -0.2) is 26.3 Å². The van der Waals surface area contributed by atoms with Crippen LogP contribution in [0.2, 0.25) is 0 Å². The fourth-order valence-corrected chi connectivity index (χ4v) is 2.17. The number of benzene rings is 1. The first kappa shape index (κ1) is 15.8. The van der Waals surface area contributed by atoms with Crippen LogP contribution in [0.25, 0.3) is 0 Å². The van der Waals surface area contributed by atoms with Crippen LogP contribution in [0.15, 0.2) is 16.6 Å². The lowest BCUT2D eigenvalue weighted by Gasteiger charge is -2.12. The van der Waals surface area contributed by atoms with Gasteiger partial charge in [0.1, 0.15) is 0 Å². The summed E-state index contributed by atoms with van der Waals surface area (Å²) < 4.78 is 16.4. The van der Waals surface area contributed by atoms with E-state index in [1.54, 1.807) is 14.2 Å². The molecule has 0 heterocycles. The first-order chi connectivity index (χ1) is 8.97. The van der Waals surface area contributed by atoms with Crippen molar-refractivity contribution in [2.45, 2.75) is 32.8 Å². The standard InChI is InChI=1S/C14H19BrO4/c1-9(2)19-14(16)6-5-10-7-12(17-3)13(18-4)8-11(10)15/h7-9H,5-6H2,1-4H3. The number of esters is 1. The number of carbonyl (C=O) groups excluding carboxylic acids is 1. The maximum Gasteiger partial charge on any atom is 0.306 e. The summed E-state index contributed by atoms with van der Waals surface area (Å²) >= 11 is 3.46. The first-order valence-electron chi connectivity index (χ1n) is 6.07. The Labute approximate surface area is 122 Å². The zero-order valence-corrected chi connectivity index (χ0v) is 13.2. The van der Waals surface area contributed by atoms with Gasteiger partial charge < -0.3 is 14.2 Å². The van der Waals surface area contributed by atoms with Crippen LogP contribution < -0.4 is 9.47 Å². The van der Waals surface area contributed by atoms with Crippen molar-refractivity contribution in [2.24, 2.45) is 0 Å². The van der Waals surface area contributed by atoms with Crippen molar-refractivity contribution in [3.05, 3.63) is 22.2 Å². The summed E-state index contributed by atoms with van der Waals surface area (Å²) in [4.78, 5) is 11.5. The Bertz CT molecular complexity index is 443. The lowest BCUT2D eigenvalue weighted by molar-refractivity contribution is -0.147. The number of carbonyl (C=O) groups is 1. The minimum absolute atomic E-state index is 0.0821. The number of halogens is 1. The van der Waals surface area contributed by atoms with Crippen LogP contribution in [0, 0.1) is 0 Å². The van der Waals surface area contributed by atoms with Gasteiger partial charge in [-0.2, -0.15) is 0 Å². The van der Waals surface area contributed by atoms with Crippen molar-refractivity contribution in [1.29, 1.82) is 0 Å². The Morgan fingerprint density at radius 3 is 2.32 bits per heavy atom. The molecule has 106 valence electrons. The molecule has 0 aliphatic heterocycles. The summed E-state index contributed by atoms with van der Waals surface area (Å²) in [7, 11) is 3.17. The highest BCUT2D eigenvalue weighted by atomic mass is 79.9. The first-order valence-corrected chi connectivity index (χ1v) is 6.87. The zero-order chi connectivity index (χ0) is 14.4. The largest absolute Gasteiger partial charge is 0.493 e. The van der Waals surface area contributed by atoms with Crippen molar-refractivity contribution in [1.82, 2.24) is 0 Å². The van der Waals surface area contributed by atoms with E-state index in [1.165, 1.54) is 0 Å². The van der Waals surface area contributed by atoms with Gasteiger partial charge in [-0.1, -0.05) is 15.9 Å². The van der Waals surface area contributed by atoms with E-state index in [0.717, 1.165) is 10.0 Å². The third kappa shape index (κ3) is 4.74. The van der Waals surface area contributed by atoms with Gasteiger partial charge in [0.05, 0.1) is 20.3 Å². The van der Waals surface area contributed by atoms with Gasteiger partial charge in [-0.15, -0.1) is 0 Å². The lowest BCUT2D eigenvalue weighted by atomic mass is 10.1. The molecular formula is C14H19BrO4. The quantitative estimate of drug-likeness (QED) is 0.750. The van der Waals surface area contributed by atoms with E-state index in [4.69, 9.17) is 14.2 Å². The minimum Gasteiger partial charge on any atom is -0.493 e. The maximum atomic E-state index is 11.5. The van der Waals surface area contributed by atoms with Crippen LogP contribution in [0.5, 0.6) is 11.5 Å². The number of hydrogen-bond donors (Lipinski definition) is 0. The van der Waals surface area contributed by atoms with E-state index in [1.807, 2.05) is 26.0 Å². The Morgan fingerprint density at radius 1 is 1.21 bits per heavy atom. The Morgan fingerprint density at radius 2 is 1.79 bits per heavy atom. The molecule has 0 aromatic heterocycles. The molecule has 0 unspecified atom stereocenters. The van der Waals surface area contributed by atoms with Gasteiger partial charge in [0.25, 0.3) is 0 Å². The van der Waals surface area contributed by atoms with E-state index in [-0.39, 0.29) is 12.1 Å². The molecule has 0 aliphatic rings. The smallest absolute Gasteiger partial charge is 0.306 e. The number of ether oxygens (including phenoxy) is 3. The topological polar surface area (TPSA) is 44.8 Å². The molecule has 1 aromatic rings. The van der Waals surface area contributed by atoms with Gasteiger partial charge in [-0.05, 0) is 38.0 Å². The second-order valence-corrected chi connectivity index (χ2v) is 5.19. The van der Waals surface area contributed by atoms with Crippen molar-refractivity contribution >= 4 is 21.9 Å². The summed E-state index contributed by atoms with van der Waals surface area (Å²) in [5, 5.41) is 0. The van der Waals surface area contributed by atoms with Gasteiger partial charge >= 0.3 is 5.97 Å². The van der Waals surface area contributed by atoms with E-state index in [0.29, 0.717) is 24.3 Å². The maximum absolute atomic E-state index is 11.5. The van der Waals surface area contributed by atoms with E-state index in [9.17, 15) is 4.79 Å². The van der Waals surface area contributed by atoms with Crippen LogP contribution in [0.1, 0.15) is 25.8 Å². The number of aryl methyl sites for hydroxylation is 1. The molecule has 0 saturated heterocycles. The molecular weight excluding hydrogens is 312 g/mol. The molecule has 0 N–H and O–H groups in total. The highest BCUT2D eigenvalue weighted by Crippen LogP contribution is 2.33. The van der Waals surface area contributed by atoms with Gasteiger partial charge in [0.2, 0.25) is 0 Å². The van der Waals surface area contributed by atoms with Crippen molar-refractivity contribution in [3.8, 4) is 11.5 Å². The highest BCUT2D eigenvalue weighted by molar-refractivity contribution is 9.10. The molecule has 5 heteroatoms. The highest BCUT2D eigenvalue weighted by Gasteiger charge is 2.12. The summed E-state index contributed by atoms with van der Waals surface area (Å²) in [6.07, 6.45) is 0.847. The fourth-order valence-electron chi connectivity index (χ4n) is 1.65. The van der Waals surface area contributed by atoms with Gasteiger partial charge in [-0.3, -0.25) is 4.79 Å². The number of hydrogen-bond acceptors (Lipinski definition) is 4. The fraction of sp³-hybridized carbons (Fsp3) is 0.500. The second-order valence-electron chi connectivity index (χ2n) is 4.34. The second kappa shape index (κ2) is 7.38. The molecule has 0 atom stereocenters. The molecule has 0 amide bonds. The van der Waals surface area contributed by atoms with Gasteiger partial charge in [-0.25, -0.2) is 0 Å². The van der Waals surface area contributed by atoms with Crippen molar-refractivity contribution < 1.29 is 19.0 Å². The minimum atomic E-state index is -0.198. The number of rotatable bonds is 6. The van der Waals surface area contributed by atoms with Crippen LogP contribution in [0.3, 0.4) is 0 Å². The summed E-state index contributed by atoms with van der Waals surface area (Å²) in [5.41, 5.74) is 0.985. The van der Waals surface area contributed by atoms with E-state index in [2.05, 4.69) is 15.9 Å². The molecule has 0 aliphatic carbocycles. The molecule has 4 nitrogen and oxygen atoms in total. The van der Waals surface area contributed by atoms with E-state index < -0.39 is 0 Å². The SMILES string of the molecule is COc1cc(Br)c(CCC(=O)OC(C)C)cc1OC. The molecule has 1 aromatic carbocycles. The Hall–Kier alpha value is -1.23. The van der Waals surface area contributed by atoms with Crippen LogP contribution >= 0.6 is 15.9 Å². The molecule has 19 heavy (non-hydrogen) atoms. The van der Waals surface area contributed by atoms with Crippen molar-refractivity contribution in [3.63, 3.8) is 0 Å². The van der Waals surface area contributed by atoms with Gasteiger partial charge in [0, 0.05) is 10.9 Å². The predicted molar refractivity (Wildman–Crippen MR) is 76.8 cm³/mol. The average molecular weight is 331 g/mol. The van der Waals surface area contributed by atoms with Gasteiger partial charge in [0.15, 0.2) is 11.5 Å². The Balaban J connectivity index is 2.76. The third-order valence-corrected chi connectivity index (χ3v) is 3.26. The third-order valence-electron chi connectivity index (χ3n) is 2.52. The molecule has 0 saturated carbocycles. The molecule has 0 bridgehead atoms. The monoisotopic (exact) mass is 330 g/mol. The summed E-state index contributed by atoms with van der Waals surface area (Å²) in [6, 6.07) is 3.70. The molecule has 0 fully saturated rings. The van der Waals surface area contributed by atoms with E-state index >= 15 is 0 Å². The zero-order valence-electron chi connectivity index (χ0n) is 11.7. The van der Waals surface area contributed by atoms with Crippen molar-refractivity contribution in [2.75, 3.05) is 14.2 Å².